The molecule has 37 heavy (non-hydrogen) atoms. The minimum Gasteiger partial charge on any atom is -0.492 e. The number of piperidine rings is 1. The Balaban J connectivity index is 1.29. The summed E-state index contributed by atoms with van der Waals surface area (Å²) < 4.78 is 6.27. The van der Waals surface area contributed by atoms with Crippen LogP contribution in [0.1, 0.15) is 62.0 Å². The molecule has 0 unspecified atom stereocenters. The first kappa shape index (κ1) is 25.7. The van der Waals surface area contributed by atoms with Crippen LogP contribution in [0.25, 0.3) is 10.9 Å². The molecule has 1 aromatic heterocycles. The van der Waals surface area contributed by atoms with Gasteiger partial charge in [-0.2, -0.15) is 0 Å². The van der Waals surface area contributed by atoms with E-state index < -0.39 is 0 Å². The molecule has 2 aliphatic rings. The molecular weight excluding hydrogens is 458 g/mol. The number of aryl methyl sites for hydroxylation is 1. The molecule has 0 radical (unpaired) electrons. The number of carbonyl (C=O) groups excluding carboxylic acids is 1. The first-order valence-corrected chi connectivity index (χ1v) is 14.1. The molecule has 0 saturated carbocycles. The van der Waals surface area contributed by atoms with Gasteiger partial charge in [-0.1, -0.05) is 62.7 Å². The molecular formula is C32H41N3O2. The molecule has 5 rings (SSSR count). The molecule has 0 N–H and O–H groups in total. The second-order valence-electron chi connectivity index (χ2n) is 11.5. The van der Waals surface area contributed by atoms with E-state index in [1.807, 2.05) is 41.3 Å². The smallest absolute Gasteiger partial charge is 0.272 e. The van der Waals surface area contributed by atoms with Gasteiger partial charge in [-0.3, -0.25) is 9.69 Å². The van der Waals surface area contributed by atoms with Crippen LogP contribution < -0.4 is 4.74 Å². The van der Waals surface area contributed by atoms with Gasteiger partial charge in [0.1, 0.15) is 18.1 Å². The van der Waals surface area contributed by atoms with Crippen molar-refractivity contribution < 1.29 is 9.53 Å². The summed E-state index contributed by atoms with van der Waals surface area (Å²) in [7, 11) is 0. The van der Waals surface area contributed by atoms with Crippen molar-refractivity contribution in [1.29, 1.82) is 0 Å². The van der Waals surface area contributed by atoms with Gasteiger partial charge in [0.2, 0.25) is 0 Å². The van der Waals surface area contributed by atoms with Gasteiger partial charge >= 0.3 is 0 Å². The maximum absolute atomic E-state index is 13.4. The summed E-state index contributed by atoms with van der Waals surface area (Å²) >= 11 is 0. The molecule has 1 spiro atoms. The predicted molar refractivity (Wildman–Crippen MR) is 150 cm³/mol. The number of hydrogen-bond acceptors (Lipinski definition) is 4. The van der Waals surface area contributed by atoms with Crippen molar-refractivity contribution in [3.05, 3.63) is 71.9 Å². The highest BCUT2D eigenvalue weighted by Gasteiger charge is 2.37. The Kier molecular flexibility index (Phi) is 8.09. The third-order valence-corrected chi connectivity index (χ3v) is 8.15. The van der Waals surface area contributed by atoms with Gasteiger partial charge in [-0.05, 0) is 67.2 Å². The molecule has 1 fully saturated rings. The summed E-state index contributed by atoms with van der Waals surface area (Å²) in [6, 6.07) is 20.4. The van der Waals surface area contributed by atoms with Crippen molar-refractivity contribution in [1.82, 2.24) is 14.8 Å². The zero-order chi connectivity index (χ0) is 25.7. The van der Waals surface area contributed by atoms with Gasteiger partial charge in [0.05, 0.1) is 5.52 Å². The minimum atomic E-state index is 0.0674. The summed E-state index contributed by atoms with van der Waals surface area (Å²) in [5.41, 5.74) is 3.02. The number of amides is 1. The molecule has 5 heteroatoms. The van der Waals surface area contributed by atoms with Gasteiger partial charge in [0, 0.05) is 38.1 Å². The van der Waals surface area contributed by atoms with Crippen molar-refractivity contribution in [2.75, 3.05) is 39.3 Å². The standard InChI is InChI=1S/C32H41N3O2/c1-25(2)23-34-21-22-37-30-13-6-4-10-27(30)11-7-8-16-32(24-34)17-19-35(20-18-32)31(36)29-15-14-26-9-3-5-12-28(26)33-29/h3-6,9-10,12-15,25H,7-8,11,16-24H2,1-2H3. The summed E-state index contributed by atoms with van der Waals surface area (Å²) in [4.78, 5) is 22.7. The monoisotopic (exact) mass is 499 g/mol. The number of aromatic nitrogens is 1. The molecule has 0 aliphatic carbocycles. The van der Waals surface area contributed by atoms with Crippen LogP contribution in [0.4, 0.5) is 0 Å². The van der Waals surface area contributed by atoms with Crippen LogP contribution in [0.3, 0.4) is 0 Å². The normalized spacial score (nSPS) is 19.2. The lowest BCUT2D eigenvalue weighted by Gasteiger charge is -2.45. The number of pyridine rings is 1. The van der Waals surface area contributed by atoms with Gasteiger partial charge < -0.3 is 9.64 Å². The number of fused-ring (bicyclic) bond motifs is 2. The second kappa shape index (κ2) is 11.6. The zero-order valence-electron chi connectivity index (χ0n) is 22.5. The topological polar surface area (TPSA) is 45.7 Å². The van der Waals surface area contributed by atoms with Gasteiger partial charge in [0.15, 0.2) is 0 Å². The average Bonchev–Trinajstić information content (AvgIpc) is 2.90. The van der Waals surface area contributed by atoms with Crippen LogP contribution in [-0.4, -0.2) is 60.0 Å². The summed E-state index contributed by atoms with van der Waals surface area (Å²) in [6.07, 6.45) is 6.79. The Morgan fingerprint density at radius 1 is 0.946 bits per heavy atom. The van der Waals surface area contributed by atoms with Crippen LogP contribution in [0.15, 0.2) is 60.7 Å². The number of rotatable bonds is 3. The molecule has 5 nitrogen and oxygen atoms in total. The van der Waals surface area contributed by atoms with E-state index in [0.29, 0.717) is 11.6 Å². The number of carbonyl (C=O) groups is 1. The molecule has 196 valence electrons. The number of para-hydroxylation sites is 2. The molecule has 3 heterocycles. The van der Waals surface area contributed by atoms with Gasteiger partial charge in [-0.25, -0.2) is 4.98 Å². The lowest BCUT2D eigenvalue weighted by atomic mass is 9.73. The van der Waals surface area contributed by atoms with Crippen LogP contribution in [-0.2, 0) is 6.42 Å². The highest BCUT2D eigenvalue weighted by molar-refractivity contribution is 5.95. The predicted octanol–water partition coefficient (Wildman–Crippen LogP) is 6.22. The molecule has 2 aliphatic heterocycles. The number of nitrogens with zero attached hydrogens (tertiary/aromatic N) is 3. The van der Waals surface area contributed by atoms with E-state index in [2.05, 4.69) is 48.0 Å². The quantitative estimate of drug-likeness (QED) is 0.429. The Morgan fingerprint density at radius 3 is 2.57 bits per heavy atom. The highest BCUT2D eigenvalue weighted by Crippen LogP contribution is 2.39. The van der Waals surface area contributed by atoms with E-state index >= 15 is 0 Å². The van der Waals surface area contributed by atoms with E-state index in [4.69, 9.17) is 4.74 Å². The Bertz CT molecular complexity index is 1200. The van der Waals surface area contributed by atoms with Crippen molar-refractivity contribution in [3.63, 3.8) is 0 Å². The summed E-state index contributed by atoms with van der Waals surface area (Å²) in [6.45, 7) is 10.1. The molecule has 1 amide bonds. The SMILES string of the molecule is CC(C)CN1CCOc2ccccc2CCCCC2(CCN(C(=O)c3ccc4ccccc4n3)CC2)C1. The Morgan fingerprint density at radius 2 is 1.73 bits per heavy atom. The first-order valence-electron chi connectivity index (χ1n) is 14.1. The van der Waals surface area contributed by atoms with Gasteiger partial charge in [0.25, 0.3) is 5.91 Å². The van der Waals surface area contributed by atoms with E-state index in [0.717, 1.165) is 75.2 Å². The number of hydrogen-bond donors (Lipinski definition) is 0. The molecule has 0 atom stereocenters. The van der Waals surface area contributed by atoms with Crippen LogP contribution in [0.5, 0.6) is 5.75 Å². The van der Waals surface area contributed by atoms with Crippen LogP contribution >= 0.6 is 0 Å². The lowest BCUT2D eigenvalue weighted by molar-refractivity contribution is 0.0352. The van der Waals surface area contributed by atoms with Gasteiger partial charge in [-0.15, -0.1) is 0 Å². The maximum Gasteiger partial charge on any atom is 0.272 e. The molecule has 3 aromatic rings. The largest absolute Gasteiger partial charge is 0.492 e. The third kappa shape index (κ3) is 6.32. The fourth-order valence-electron chi connectivity index (χ4n) is 6.20. The van der Waals surface area contributed by atoms with Crippen LogP contribution in [0.2, 0.25) is 0 Å². The number of benzene rings is 2. The third-order valence-electron chi connectivity index (χ3n) is 8.15. The average molecular weight is 500 g/mol. The molecule has 1 saturated heterocycles. The maximum atomic E-state index is 13.4. The van der Waals surface area contributed by atoms with Crippen molar-refractivity contribution in [2.24, 2.45) is 11.3 Å². The van der Waals surface area contributed by atoms with Crippen LogP contribution in [0, 0.1) is 11.3 Å². The molecule has 0 bridgehead atoms. The van der Waals surface area contributed by atoms with E-state index in [1.165, 1.54) is 24.8 Å². The van der Waals surface area contributed by atoms with Crippen molar-refractivity contribution in [3.8, 4) is 5.75 Å². The summed E-state index contributed by atoms with van der Waals surface area (Å²) in [5.74, 6) is 1.73. The zero-order valence-corrected chi connectivity index (χ0v) is 22.5. The van der Waals surface area contributed by atoms with Crippen molar-refractivity contribution >= 4 is 16.8 Å². The number of ether oxygens (including phenoxy) is 1. The van der Waals surface area contributed by atoms with E-state index in [1.54, 1.807) is 0 Å². The first-order chi connectivity index (χ1) is 18.0. The van der Waals surface area contributed by atoms with Crippen molar-refractivity contribution in [2.45, 2.75) is 52.4 Å². The summed E-state index contributed by atoms with van der Waals surface area (Å²) in [5, 5.41) is 1.07. The Labute approximate surface area is 221 Å². The Hall–Kier alpha value is -2.92. The van der Waals surface area contributed by atoms with E-state index in [9.17, 15) is 4.79 Å². The highest BCUT2D eigenvalue weighted by atomic mass is 16.5. The number of likely N-dealkylation sites (tertiary alicyclic amines) is 1. The fraction of sp³-hybridized carbons (Fsp3) is 0.500. The fourth-order valence-corrected chi connectivity index (χ4v) is 6.20. The second-order valence-corrected chi connectivity index (χ2v) is 11.5. The van der Waals surface area contributed by atoms with E-state index in [-0.39, 0.29) is 11.3 Å². The molecule has 2 aromatic carbocycles. The minimum absolute atomic E-state index is 0.0674. The lowest BCUT2D eigenvalue weighted by Crippen LogP contribution is -2.49.